The predicted octanol–water partition coefficient (Wildman–Crippen LogP) is 3.74. The summed E-state index contributed by atoms with van der Waals surface area (Å²) in [5.74, 6) is -0.645. The molecule has 126 valence electrons. The monoisotopic (exact) mass is 332 g/mol. The van der Waals surface area contributed by atoms with Gasteiger partial charge in [-0.2, -0.15) is 0 Å². The SMILES string of the molecule is c1ccc2c(c1)Cc1cc(C3(CCn4ccnc4)OCCO3)ccc1-2. The minimum Gasteiger partial charge on any atom is -0.343 e. The number of benzene rings is 2. The van der Waals surface area contributed by atoms with Crippen molar-refractivity contribution < 1.29 is 9.47 Å². The number of hydrogen-bond acceptors (Lipinski definition) is 3. The maximum absolute atomic E-state index is 6.11. The molecule has 2 aliphatic rings. The molecule has 1 saturated heterocycles. The molecule has 0 bridgehead atoms. The van der Waals surface area contributed by atoms with Crippen molar-refractivity contribution in [1.82, 2.24) is 9.55 Å². The van der Waals surface area contributed by atoms with Gasteiger partial charge in [-0.3, -0.25) is 0 Å². The Kier molecular flexibility index (Phi) is 3.47. The second-order valence-corrected chi connectivity index (χ2v) is 6.71. The molecule has 0 radical (unpaired) electrons. The summed E-state index contributed by atoms with van der Waals surface area (Å²) in [6, 6.07) is 15.3. The largest absolute Gasteiger partial charge is 0.343 e. The van der Waals surface area contributed by atoms with E-state index in [1.807, 2.05) is 12.5 Å². The molecule has 1 aliphatic heterocycles. The summed E-state index contributed by atoms with van der Waals surface area (Å²) >= 11 is 0. The van der Waals surface area contributed by atoms with Gasteiger partial charge in [0.05, 0.1) is 19.5 Å². The van der Waals surface area contributed by atoms with Gasteiger partial charge in [0, 0.05) is 30.9 Å². The van der Waals surface area contributed by atoms with Crippen LogP contribution in [0.5, 0.6) is 0 Å². The van der Waals surface area contributed by atoms with Crippen LogP contribution >= 0.6 is 0 Å². The first-order chi connectivity index (χ1) is 12.3. The zero-order valence-corrected chi connectivity index (χ0v) is 14.0. The highest BCUT2D eigenvalue weighted by molar-refractivity contribution is 5.77. The Labute approximate surface area is 147 Å². The number of aromatic nitrogens is 2. The minimum atomic E-state index is -0.645. The van der Waals surface area contributed by atoms with Crippen LogP contribution in [0.3, 0.4) is 0 Å². The van der Waals surface area contributed by atoms with Crippen LogP contribution in [0.4, 0.5) is 0 Å². The minimum absolute atomic E-state index is 0.640. The number of rotatable bonds is 4. The molecule has 0 atom stereocenters. The molecule has 4 heteroatoms. The van der Waals surface area contributed by atoms with Gasteiger partial charge < -0.3 is 14.0 Å². The smallest absolute Gasteiger partial charge is 0.196 e. The van der Waals surface area contributed by atoms with Crippen LogP contribution in [0, 0.1) is 0 Å². The molecule has 1 aliphatic carbocycles. The normalized spacial score (nSPS) is 17.4. The molecule has 0 N–H and O–H groups in total. The molecule has 0 amide bonds. The predicted molar refractivity (Wildman–Crippen MR) is 95.1 cm³/mol. The summed E-state index contributed by atoms with van der Waals surface area (Å²) in [6.45, 7) is 2.10. The molecular formula is C21H20N2O2. The van der Waals surface area contributed by atoms with E-state index < -0.39 is 5.79 Å². The first-order valence-electron chi connectivity index (χ1n) is 8.79. The summed E-state index contributed by atoms with van der Waals surface area (Å²) in [5, 5.41) is 0. The molecule has 0 saturated carbocycles. The Morgan fingerprint density at radius 2 is 1.84 bits per heavy atom. The van der Waals surface area contributed by atoms with Gasteiger partial charge >= 0.3 is 0 Å². The van der Waals surface area contributed by atoms with Crippen molar-refractivity contribution in [1.29, 1.82) is 0 Å². The van der Waals surface area contributed by atoms with Crippen molar-refractivity contribution in [2.45, 2.75) is 25.2 Å². The van der Waals surface area contributed by atoms with Gasteiger partial charge in [0.25, 0.3) is 0 Å². The highest BCUT2D eigenvalue weighted by Crippen LogP contribution is 2.41. The Bertz CT molecular complexity index is 896. The van der Waals surface area contributed by atoms with E-state index in [1.54, 1.807) is 6.20 Å². The van der Waals surface area contributed by atoms with Crippen molar-refractivity contribution in [3.63, 3.8) is 0 Å². The first-order valence-corrected chi connectivity index (χ1v) is 8.79. The Hall–Kier alpha value is -2.43. The molecule has 0 unspecified atom stereocenters. The Morgan fingerprint density at radius 1 is 1.00 bits per heavy atom. The molecule has 1 fully saturated rings. The third kappa shape index (κ3) is 2.49. The lowest BCUT2D eigenvalue weighted by molar-refractivity contribution is -0.172. The summed E-state index contributed by atoms with van der Waals surface area (Å²) in [7, 11) is 0. The molecule has 0 spiro atoms. The number of imidazole rings is 1. The maximum Gasteiger partial charge on any atom is 0.196 e. The highest BCUT2D eigenvalue weighted by atomic mass is 16.7. The van der Waals surface area contributed by atoms with Gasteiger partial charge in [-0.05, 0) is 34.7 Å². The zero-order valence-electron chi connectivity index (χ0n) is 14.0. The standard InChI is InChI=1S/C21H20N2O2/c1-2-4-19-16(3-1)13-17-14-18(5-6-20(17)19)21(24-11-12-25-21)7-9-23-10-8-22-15-23/h1-6,8,10,14-15H,7,9,11-13H2. The van der Waals surface area contributed by atoms with Crippen LogP contribution in [0.25, 0.3) is 11.1 Å². The van der Waals surface area contributed by atoms with E-state index in [0.717, 1.165) is 24.9 Å². The maximum atomic E-state index is 6.11. The van der Waals surface area contributed by atoms with Crippen LogP contribution in [0.1, 0.15) is 23.1 Å². The fraction of sp³-hybridized carbons (Fsp3) is 0.286. The van der Waals surface area contributed by atoms with Gasteiger partial charge in [-0.15, -0.1) is 0 Å². The van der Waals surface area contributed by atoms with Crippen molar-refractivity contribution >= 4 is 0 Å². The number of aryl methyl sites for hydroxylation is 1. The first kappa shape index (κ1) is 14.9. The number of nitrogens with zero attached hydrogens (tertiary/aromatic N) is 2. The average Bonchev–Trinajstić information content (AvgIpc) is 3.39. The van der Waals surface area contributed by atoms with Crippen LogP contribution in [0.2, 0.25) is 0 Å². The van der Waals surface area contributed by atoms with Crippen LogP contribution in [-0.4, -0.2) is 22.8 Å². The summed E-state index contributed by atoms with van der Waals surface area (Å²) < 4.78 is 14.3. The molecule has 1 aromatic heterocycles. The van der Waals surface area contributed by atoms with Gasteiger partial charge in [0.1, 0.15) is 0 Å². The summed E-state index contributed by atoms with van der Waals surface area (Å²) in [5.41, 5.74) is 6.57. The Morgan fingerprint density at radius 3 is 2.68 bits per heavy atom. The van der Waals surface area contributed by atoms with Crippen LogP contribution < -0.4 is 0 Å². The molecule has 5 rings (SSSR count). The summed E-state index contributed by atoms with van der Waals surface area (Å²) in [6.07, 6.45) is 7.37. The van der Waals surface area contributed by atoms with Crippen molar-refractivity contribution in [2.75, 3.05) is 13.2 Å². The molecule has 3 aromatic rings. The van der Waals surface area contributed by atoms with E-state index in [2.05, 4.69) is 52.0 Å². The molecule has 2 heterocycles. The molecular weight excluding hydrogens is 312 g/mol. The third-order valence-electron chi connectivity index (χ3n) is 5.25. The lowest BCUT2D eigenvalue weighted by atomic mass is 9.96. The molecule has 4 nitrogen and oxygen atoms in total. The van der Waals surface area contributed by atoms with Crippen molar-refractivity contribution in [3.05, 3.63) is 77.9 Å². The van der Waals surface area contributed by atoms with Gasteiger partial charge in [-0.25, -0.2) is 4.98 Å². The van der Waals surface area contributed by atoms with E-state index in [0.29, 0.717) is 13.2 Å². The quantitative estimate of drug-likeness (QED) is 0.571. The van der Waals surface area contributed by atoms with Crippen molar-refractivity contribution in [2.24, 2.45) is 0 Å². The van der Waals surface area contributed by atoms with E-state index in [1.165, 1.54) is 22.3 Å². The van der Waals surface area contributed by atoms with Crippen LogP contribution in [-0.2, 0) is 28.2 Å². The second kappa shape index (κ2) is 5.83. The van der Waals surface area contributed by atoms with E-state index >= 15 is 0 Å². The second-order valence-electron chi connectivity index (χ2n) is 6.71. The summed E-state index contributed by atoms with van der Waals surface area (Å²) in [4.78, 5) is 4.11. The van der Waals surface area contributed by atoms with E-state index in [9.17, 15) is 0 Å². The zero-order chi connectivity index (χ0) is 16.7. The molecule has 25 heavy (non-hydrogen) atoms. The van der Waals surface area contributed by atoms with Gasteiger partial charge in [-0.1, -0.05) is 36.4 Å². The number of ether oxygens (including phenoxy) is 2. The van der Waals surface area contributed by atoms with Gasteiger partial charge in [0.2, 0.25) is 0 Å². The van der Waals surface area contributed by atoms with Crippen molar-refractivity contribution in [3.8, 4) is 11.1 Å². The fourth-order valence-corrected chi connectivity index (χ4v) is 3.99. The van der Waals surface area contributed by atoms with Gasteiger partial charge in [0.15, 0.2) is 5.79 Å². The molecule has 2 aromatic carbocycles. The fourth-order valence-electron chi connectivity index (χ4n) is 3.99. The third-order valence-corrected chi connectivity index (χ3v) is 5.25. The topological polar surface area (TPSA) is 36.3 Å². The Balaban J connectivity index is 1.48. The average molecular weight is 332 g/mol. The lowest BCUT2D eigenvalue weighted by Gasteiger charge is -2.28. The lowest BCUT2D eigenvalue weighted by Crippen LogP contribution is -2.29. The number of hydrogen-bond donors (Lipinski definition) is 0. The highest BCUT2D eigenvalue weighted by Gasteiger charge is 2.39. The van der Waals surface area contributed by atoms with Crippen LogP contribution in [0.15, 0.2) is 61.2 Å². The van der Waals surface area contributed by atoms with E-state index in [4.69, 9.17) is 9.47 Å². The van der Waals surface area contributed by atoms with E-state index in [-0.39, 0.29) is 0 Å². The number of fused-ring (bicyclic) bond motifs is 3.